The second kappa shape index (κ2) is 5.33. The molecule has 9 heavy (non-hydrogen) atoms. The van der Waals surface area contributed by atoms with E-state index in [0.717, 1.165) is 0 Å². The molecule has 0 aromatic carbocycles. The minimum atomic E-state index is -0.841. The lowest BCUT2D eigenvalue weighted by molar-refractivity contribution is 0.0161. The second-order valence-corrected chi connectivity index (χ2v) is 1.13. The lowest BCUT2D eigenvalue weighted by Gasteiger charge is -2.00. The predicted molar refractivity (Wildman–Crippen MR) is 28.6 cm³/mol. The predicted octanol–water partition coefficient (Wildman–Crippen LogP) is -0.734. The van der Waals surface area contributed by atoms with E-state index >= 15 is 0 Å². The van der Waals surface area contributed by atoms with E-state index in [1.54, 1.807) is 0 Å². The molecule has 0 heterocycles. The quantitative estimate of drug-likeness (QED) is 0.394. The molecule has 0 aromatic heterocycles. The SMILES string of the molecule is CNOC(=O)OCCO. The fourth-order valence-electron chi connectivity index (χ4n) is 0.242. The van der Waals surface area contributed by atoms with Gasteiger partial charge < -0.3 is 14.7 Å². The number of aliphatic hydroxyl groups is 1. The van der Waals surface area contributed by atoms with Gasteiger partial charge in [-0.1, -0.05) is 0 Å². The summed E-state index contributed by atoms with van der Waals surface area (Å²) in [6, 6.07) is 0. The van der Waals surface area contributed by atoms with E-state index in [-0.39, 0.29) is 13.2 Å². The number of aliphatic hydroxyl groups excluding tert-OH is 1. The third kappa shape index (κ3) is 5.05. The Balaban J connectivity index is 3.06. The lowest BCUT2D eigenvalue weighted by Crippen LogP contribution is -2.17. The minimum Gasteiger partial charge on any atom is -0.431 e. The number of rotatable bonds is 3. The summed E-state index contributed by atoms with van der Waals surface area (Å²) < 4.78 is 4.26. The molecule has 0 amide bonds. The van der Waals surface area contributed by atoms with Crippen molar-refractivity contribution < 1.29 is 19.5 Å². The number of hydroxylamine groups is 1. The molecule has 54 valence electrons. The van der Waals surface area contributed by atoms with Gasteiger partial charge in [0.1, 0.15) is 6.61 Å². The van der Waals surface area contributed by atoms with Crippen LogP contribution in [0.4, 0.5) is 4.79 Å². The van der Waals surface area contributed by atoms with Gasteiger partial charge >= 0.3 is 6.16 Å². The van der Waals surface area contributed by atoms with E-state index in [9.17, 15) is 4.79 Å². The Kier molecular flexibility index (Phi) is 4.85. The second-order valence-electron chi connectivity index (χ2n) is 1.13. The Hall–Kier alpha value is -0.810. The molecule has 0 fully saturated rings. The highest BCUT2D eigenvalue weighted by atomic mass is 16.8. The standard InChI is InChI=1S/C4H9NO4/c1-5-9-4(7)8-3-2-6/h5-6H,2-3H2,1H3. The van der Waals surface area contributed by atoms with E-state index in [0.29, 0.717) is 0 Å². The Morgan fingerprint density at radius 3 is 2.89 bits per heavy atom. The largest absolute Gasteiger partial charge is 0.527 e. The minimum absolute atomic E-state index is 0.0412. The maximum Gasteiger partial charge on any atom is 0.527 e. The van der Waals surface area contributed by atoms with Gasteiger partial charge in [-0.2, -0.15) is 5.48 Å². The molecule has 0 atom stereocenters. The van der Waals surface area contributed by atoms with Crippen LogP contribution in [0, 0.1) is 0 Å². The van der Waals surface area contributed by atoms with Crippen molar-refractivity contribution in [3.8, 4) is 0 Å². The summed E-state index contributed by atoms with van der Waals surface area (Å²) in [5.74, 6) is 0. The first-order valence-corrected chi connectivity index (χ1v) is 2.42. The van der Waals surface area contributed by atoms with Crippen LogP contribution in [-0.4, -0.2) is 31.5 Å². The summed E-state index contributed by atoms with van der Waals surface area (Å²) in [6.07, 6.45) is -0.841. The van der Waals surface area contributed by atoms with Gasteiger partial charge in [0.25, 0.3) is 0 Å². The van der Waals surface area contributed by atoms with Crippen molar-refractivity contribution >= 4 is 6.16 Å². The van der Waals surface area contributed by atoms with Crippen molar-refractivity contribution in [1.82, 2.24) is 5.48 Å². The van der Waals surface area contributed by atoms with E-state index < -0.39 is 6.16 Å². The van der Waals surface area contributed by atoms with Crippen LogP contribution in [-0.2, 0) is 9.57 Å². The van der Waals surface area contributed by atoms with Gasteiger partial charge in [-0.05, 0) is 0 Å². The lowest BCUT2D eigenvalue weighted by atomic mass is 10.8. The molecule has 0 aromatic rings. The van der Waals surface area contributed by atoms with Gasteiger partial charge in [0, 0.05) is 7.05 Å². The van der Waals surface area contributed by atoms with Crippen LogP contribution in [0.1, 0.15) is 0 Å². The normalized spacial score (nSPS) is 8.67. The zero-order valence-corrected chi connectivity index (χ0v) is 5.09. The fraction of sp³-hybridized carbons (Fsp3) is 0.750. The zero-order chi connectivity index (χ0) is 7.11. The van der Waals surface area contributed by atoms with Crippen molar-refractivity contribution in [3.63, 3.8) is 0 Å². The Morgan fingerprint density at radius 1 is 1.78 bits per heavy atom. The first-order chi connectivity index (χ1) is 4.31. The van der Waals surface area contributed by atoms with Crippen LogP contribution in [0.25, 0.3) is 0 Å². The summed E-state index contributed by atoms with van der Waals surface area (Å²) in [7, 11) is 1.43. The number of carbonyl (C=O) groups is 1. The Morgan fingerprint density at radius 2 is 2.44 bits per heavy atom. The van der Waals surface area contributed by atoms with E-state index in [1.165, 1.54) is 7.05 Å². The van der Waals surface area contributed by atoms with Crippen LogP contribution >= 0.6 is 0 Å². The molecule has 0 saturated heterocycles. The third-order valence-corrected chi connectivity index (χ3v) is 0.497. The van der Waals surface area contributed by atoms with Gasteiger partial charge in [-0.3, -0.25) is 0 Å². The highest BCUT2D eigenvalue weighted by molar-refractivity contribution is 5.59. The maximum atomic E-state index is 10.2. The Bertz CT molecular complexity index is 84.6. The molecule has 0 spiro atoms. The van der Waals surface area contributed by atoms with Crippen LogP contribution in [0.2, 0.25) is 0 Å². The number of ether oxygens (including phenoxy) is 1. The average molecular weight is 135 g/mol. The highest BCUT2D eigenvalue weighted by Crippen LogP contribution is 1.78. The molecule has 0 saturated carbocycles. The highest BCUT2D eigenvalue weighted by Gasteiger charge is 1.98. The third-order valence-electron chi connectivity index (χ3n) is 0.497. The molecule has 0 aliphatic rings. The smallest absolute Gasteiger partial charge is 0.431 e. The molecule has 0 aliphatic carbocycles. The van der Waals surface area contributed by atoms with E-state index in [2.05, 4.69) is 15.1 Å². The molecule has 2 N–H and O–H groups in total. The fourth-order valence-corrected chi connectivity index (χ4v) is 0.242. The van der Waals surface area contributed by atoms with E-state index in [1.807, 2.05) is 0 Å². The number of hydrogen-bond donors (Lipinski definition) is 2. The maximum absolute atomic E-state index is 10.2. The van der Waals surface area contributed by atoms with Crippen molar-refractivity contribution in [1.29, 1.82) is 0 Å². The molecule has 0 unspecified atom stereocenters. The van der Waals surface area contributed by atoms with Crippen molar-refractivity contribution in [2.75, 3.05) is 20.3 Å². The summed E-state index contributed by atoms with van der Waals surface area (Å²) in [5, 5.41) is 8.13. The molecule has 0 radical (unpaired) electrons. The molecular formula is C4H9NO4. The first-order valence-electron chi connectivity index (χ1n) is 2.42. The van der Waals surface area contributed by atoms with Crippen molar-refractivity contribution in [2.45, 2.75) is 0 Å². The molecule has 5 nitrogen and oxygen atoms in total. The Labute approximate surface area is 52.5 Å². The van der Waals surface area contributed by atoms with Crippen LogP contribution in [0.3, 0.4) is 0 Å². The monoisotopic (exact) mass is 135 g/mol. The average Bonchev–Trinajstić information content (AvgIpc) is 1.85. The number of carbonyl (C=O) groups excluding carboxylic acids is 1. The van der Waals surface area contributed by atoms with Crippen molar-refractivity contribution in [3.05, 3.63) is 0 Å². The molecule has 0 rings (SSSR count). The van der Waals surface area contributed by atoms with Gasteiger partial charge in [0.15, 0.2) is 0 Å². The van der Waals surface area contributed by atoms with Gasteiger partial charge in [-0.25, -0.2) is 4.79 Å². The summed E-state index contributed by atoms with van der Waals surface area (Å²) in [4.78, 5) is 14.3. The summed E-state index contributed by atoms with van der Waals surface area (Å²) in [5.41, 5.74) is 2.12. The molecule has 0 aliphatic heterocycles. The summed E-state index contributed by atoms with van der Waals surface area (Å²) in [6.45, 7) is -0.237. The molecule has 0 bridgehead atoms. The summed E-state index contributed by atoms with van der Waals surface area (Å²) >= 11 is 0. The molecule has 5 heteroatoms. The topological polar surface area (TPSA) is 67.8 Å². The van der Waals surface area contributed by atoms with E-state index in [4.69, 9.17) is 5.11 Å². The van der Waals surface area contributed by atoms with Gasteiger partial charge in [0.05, 0.1) is 6.61 Å². The van der Waals surface area contributed by atoms with Crippen LogP contribution < -0.4 is 5.48 Å². The van der Waals surface area contributed by atoms with Crippen LogP contribution in [0.5, 0.6) is 0 Å². The molecular weight excluding hydrogens is 126 g/mol. The van der Waals surface area contributed by atoms with Gasteiger partial charge in [0.2, 0.25) is 0 Å². The zero-order valence-electron chi connectivity index (χ0n) is 5.09. The first kappa shape index (κ1) is 8.19. The van der Waals surface area contributed by atoms with Crippen molar-refractivity contribution in [2.24, 2.45) is 0 Å². The van der Waals surface area contributed by atoms with Crippen LogP contribution in [0.15, 0.2) is 0 Å². The number of nitrogens with one attached hydrogen (secondary N) is 1. The number of hydrogen-bond acceptors (Lipinski definition) is 5. The van der Waals surface area contributed by atoms with Gasteiger partial charge in [-0.15, -0.1) is 0 Å².